The molecule has 1 fully saturated rings. The van der Waals surface area contributed by atoms with E-state index in [1.54, 1.807) is 0 Å². The van der Waals surface area contributed by atoms with Crippen LogP contribution in [0.25, 0.3) is 0 Å². The summed E-state index contributed by atoms with van der Waals surface area (Å²) in [5.74, 6) is -0.946. The summed E-state index contributed by atoms with van der Waals surface area (Å²) in [5, 5.41) is 9.60. The Balaban J connectivity index is 2.36. The highest BCUT2D eigenvalue weighted by molar-refractivity contribution is 5.32. The van der Waals surface area contributed by atoms with Gasteiger partial charge in [0.15, 0.2) is 0 Å². The lowest BCUT2D eigenvalue weighted by Crippen LogP contribution is -2.05. The van der Waals surface area contributed by atoms with E-state index in [1.165, 1.54) is 6.07 Å². The molecule has 0 aliphatic heterocycles. The van der Waals surface area contributed by atoms with Crippen molar-refractivity contribution in [3.05, 3.63) is 35.1 Å². The van der Waals surface area contributed by atoms with Gasteiger partial charge in [0.25, 0.3) is 6.43 Å². The van der Waals surface area contributed by atoms with Crippen molar-refractivity contribution in [1.82, 2.24) is 0 Å². The topological polar surface area (TPSA) is 20.2 Å². The van der Waals surface area contributed by atoms with E-state index >= 15 is 0 Å². The minimum absolute atomic E-state index is 0.388. The lowest BCUT2D eigenvalue weighted by atomic mass is 10.1. The highest BCUT2D eigenvalue weighted by Crippen LogP contribution is 2.45. The van der Waals surface area contributed by atoms with Gasteiger partial charge in [0.2, 0.25) is 0 Å². The molecule has 1 N–H and O–H groups in total. The Morgan fingerprint density at radius 2 is 1.93 bits per heavy atom. The average Bonchev–Trinajstić information content (AvgIpc) is 2.84. The zero-order chi connectivity index (χ0) is 10.3. The molecule has 0 heterocycles. The van der Waals surface area contributed by atoms with E-state index in [1.807, 2.05) is 0 Å². The minimum Gasteiger partial charge on any atom is -0.385 e. The Kier molecular flexibility index (Phi) is 2.03. The van der Waals surface area contributed by atoms with Crippen LogP contribution in [0.15, 0.2) is 18.2 Å². The Hall–Kier alpha value is -1.03. The van der Waals surface area contributed by atoms with E-state index in [2.05, 4.69) is 0 Å². The van der Waals surface area contributed by atoms with E-state index in [9.17, 15) is 18.3 Å². The molecule has 0 spiro atoms. The van der Waals surface area contributed by atoms with Crippen LogP contribution in [0.4, 0.5) is 13.2 Å². The van der Waals surface area contributed by atoms with Gasteiger partial charge in [-0.15, -0.1) is 0 Å². The second-order valence-corrected chi connectivity index (χ2v) is 3.57. The summed E-state index contributed by atoms with van der Waals surface area (Å²) in [5.41, 5.74) is -1.20. The number of aliphatic hydroxyl groups is 1. The molecule has 1 aliphatic rings. The van der Waals surface area contributed by atoms with Gasteiger partial charge in [-0.1, -0.05) is 12.1 Å². The van der Waals surface area contributed by atoms with Crippen molar-refractivity contribution in [2.45, 2.75) is 24.9 Å². The lowest BCUT2D eigenvalue weighted by Gasteiger charge is -2.09. The van der Waals surface area contributed by atoms with E-state index in [0.29, 0.717) is 18.4 Å². The van der Waals surface area contributed by atoms with Crippen molar-refractivity contribution in [3.63, 3.8) is 0 Å². The standard InChI is InChI=1S/C10H9F3O/c11-8-5-6(10(14)3-4-10)1-2-7(8)9(12)13/h1-2,5,9,14H,3-4H2. The van der Waals surface area contributed by atoms with Crippen molar-refractivity contribution in [1.29, 1.82) is 0 Å². The molecule has 0 aromatic heterocycles. The van der Waals surface area contributed by atoms with Crippen LogP contribution in [0.1, 0.15) is 30.4 Å². The maximum absolute atomic E-state index is 13.1. The normalized spacial score (nSPS) is 18.6. The number of benzene rings is 1. The highest BCUT2D eigenvalue weighted by Gasteiger charge is 2.42. The number of hydrogen-bond donors (Lipinski definition) is 1. The number of alkyl halides is 2. The molecule has 76 valence electrons. The van der Waals surface area contributed by atoms with E-state index in [4.69, 9.17) is 0 Å². The molecule has 1 aromatic carbocycles. The molecule has 0 unspecified atom stereocenters. The molecule has 0 saturated heterocycles. The number of hydrogen-bond acceptors (Lipinski definition) is 1. The fourth-order valence-corrected chi connectivity index (χ4v) is 1.40. The third-order valence-corrected chi connectivity index (χ3v) is 2.50. The first-order valence-electron chi connectivity index (χ1n) is 4.33. The van der Waals surface area contributed by atoms with Gasteiger partial charge in [0, 0.05) is 0 Å². The van der Waals surface area contributed by atoms with Crippen LogP contribution in [0.2, 0.25) is 0 Å². The Morgan fingerprint density at radius 3 is 2.36 bits per heavy atom. The Labute approximate surface area is 79.2 Å². The van der Waals surface area contributed by atoms with Crippen LogP contribution >= 0.6 is 0 Å². The third-order valence-electron chi connectivity index (χ3n) is 2.50. The van der Waals surface area contributed by atoms with Crippen LogP contribution < -0.4 is 0 Å². The maximum Gasteiger partial charge on any atom is 0.266 e. The lowest BCUT2D eigenvalue weighted by molar-refractivity contribution is 0.142. The second kappa shape index (κ2) is 2.98. The molecule has 14 heavy (non-hydrogen) atoms. The molecule has 0 amide bonds. The van der Waals surface area contributed by atoms with Crippen molar-refractivity contribution in [2.75, 3.05) is 0 Å². The van der Waals surface area contributed by atoms with Gasteiger partial charge in [-0.2, -0.15) is 0 Å². The summed E-state index contributed by atoms with van der Waals surface area (Å²) in [6.07, 6.45) is -1.67. The summed E-state index contributed by atoms with van der Waals surface area (Å²) in [6.45, 7) is 0. The summed E-state index contributed by atoms with van der Waals surface area (Å²) >= 11 is 0. The summed E-state index contributed by atoms with van der Waals surface area (Å²) in [6, 6.07) is 3.39. The van der Waals surface area contributed by atoms with E-state index in [0.717, 1.165) is 12.1 Å². The molecule has 1 nitrogen and oxygen atoms in total. The quantitative estimate of drug-likeness (QED) is 0.781. The minimum atomic E-state index is -2.81. The summed E-state index contributed by atoms with van der Waals surface area (Å²) < 4.78 is 37.4. The first-order valence-corrected chi connectivity index (χ1v) is 4.33. The summed E-state index contributed by atoms with van der Waals surface area (Å²) in [4.78, 5) is 0. The molecule has 0 radical (unpaired) electrons. The fraction of sp³-hybridized carbons (Fsp3) is 0.400. The van der Waals surface area contributed by atoms with Crippen molar-refractivity contribution in [2.24, 2.45) is 0 Å². The number of halogens is 3. The molecule has 4 heteroatoms. The van der Waals surface area contributed by atoms with Crippen molar-refractivity contribution >= 4 is 0 Å². The SMILES string of the molecule is OC1(c2ccc(C(F)F)c(F)c2)CC1. The summed E-state index contributed by atoms with van der Waals surface area (Å²) in [7, 11) is 0. The predicted molar refractivity (Wildman–Crippen MR) is 44.5 cm³/mol. The van der Waals surface area contributed by atoms with Gasteiger partial charge in [-0.3, -0.25) is 0 Å². The van der Waals surface area contributed by atoms with Crippen LogP contribution in [0.5, 0.6) is 0 Å². The van der Waals surface area contributed by atoms with Gasteiger partial charge in [0.1, 0.15) is 5.82 Å². The maximum atomic E-state index is 13.1. The van der Waals surface area contributed by atoms with Crippen LogP contribution in [-0.4, -0.2) is 5.11 Å². The zero-order valence-electron chi connectivity index (χ0n) is 7.30. The molecular formula is C10H9F3O. The van der Waals surface area contributed by atoms with Crippen LogP contribution in [0.3, 0.4) is 0 Å². The van der Waals surface area contributed by atoms with Crippen molar-refractivity contribution < 1.29 is 18.3 Å². The number of rotatable bonds is 2. The molecule has 2 rings (SSSR count). The van der Waals surface area contributed by atoms with Crippen LogP contribution in [0, 0.1) is 5.82 Å². The largest absolute Gasteiger partial charge is 0.385 e. The fourth-order valence-electron chi connectivity index (χ4n) is 1.40. The average molecular weight is 202 g/mol. The Morgan fingerprint density at radius 1 is 1.29 bits per heavy atom. The first kappa shape index (κ1) is 9.52. The molecule has 0 bridgehead atoms. The molecule has 1 saturated carbocycles. The van der Waals surface area contributed by atoms with Crippen molar-refractivity contribution in [3.8, 4) is 0 Å². The Bertz CT molecular complexity index is 358. The van der Waals surface area contributed by atoms with Crippen LogP contribution in [-0.2, 0) is 5.60 Å². The molecule has 0 atom stereocenters. The van der Waals surface area contributed by atoms with E-state index in [-0.39, 0.29) is 0 Å². The molecular weight excluding hydrogens is 193 g/mol. The first-order chi connectivity index (χ1) is 6.53. The van der Waals surface area contributed by atoms with Gasteiger partial charge in [-0.05, 0) is 24.5 Å². The van der Waals surface area contributed by atoms with E-state index < -0.39 is 23.4 Å². The highest BCUT2D eigenvalue weighted by atomic mass is 19.3. The monoisotopic (exact) mass is 202 g/mol. The molecule has 1 aliphatic carbocycles. The van der Waals surface area contributed by atoms with Gasteiger partial charge in [-0.25, -0.2) is 13.2 Å². The third kappa shape index (κ3) is 1.50. The van der Waals surface area contributed by atoms with Gasteiger partial charge >= 0.3 is 0 Å². The van der Waals surface area contributed by atoms with Gasteiger partial charge < -0.3 is 5.11 Å². The second-order valence-electron chi connectivity index (χ2n) is 3.57. The molecule has 1 aromatic rings. The van der Waals surface area contributed by atoms with Gasteiger partial charge in [0.05, 0.1) is 11.2 Å². The smallest absolute Gasteiger partial charge is 0.266 e. The zero-order valence-corrected chi connectivity index (χ0v) is 7.30. The predicted octanol–water partition coefficient (Wildman–Crippen LogP) is 2.74.